The highest BCUT2D eigenvalue weighted by Gasteiger charge is 2.26. The topological polar surface area (TPSA) is 0 Å². The molecule has 1 heterocycles. The van der Waals surface area contributed by atoms with Crippen molar-refractivity contribution in [2.24, 2.45) is 11.8 Å². The van der Waals surface area contributed by atoms with Gasteiger partial charge in [-0.05, 0) is 61.1 Å². The Hall–Kier alpha value is -1.17. The minimum Gasteiger partial charge on any atom is -0.206 e. The summed E-state index contributed by atoms with van der Waals surface area (Å²) < 4.78 is 66.6. The minimum atomic E-state index is -2.71. The molecule has 0 amide bonds. The predicted octanol–water partition coefficient (Wildman–Crippen LogP) is 10.2. The Bertz CT molecular complexity index is 765. The zero-order chi connectivity index (χ0) is 24.5. The molecule has 2 aliphatic rings. The van der Waals surface area contributed by atoms with Gasteiger partial charge in [0.15, 0.2) is 0 Å². The average molecular weight is 501 g/mol. The van der Waals surface area contributed by atoms with E-state index < -0.39 is 37.9 Å². The summed E-state index contributed by atoms with van der Waals surface area (Å²) >= 11 is 0. The maximum Gasteiger partial charge on any atom is 0.306 e. The van der Waals surface area contributed by atoms with Crippen molar-refractivity contribution in [3.8, 4) is 0 Å². The summed E-state index contributed by atoms with van der Waals surface area (Å²) in [6.45, 7) is 2.29. The fourth-order valence-electron chi connectivity index (χ4n) is 6.27. The van der Waals surface area contributed by atoms with E-state index >= 15 is 0 Å². The van der Waals surface area contributed by atoms with Crippen LogP contribution in [0.3, 0.4) is 0 Å². The molecule has 2 fully saturated rings. The van der Waals surface area contributed by atoms with E-state index in [1.165, 1.54) is 57.8 Å². The number of hydrogen-bond donors (Lipinski definition) is 0. The van der Waals surface area contributed by atoms with E-state index in [4.69, 9.17) is 0 Å². The number of benzene rings is 1. The molecule has 0 bridgehead atoms. The lowest BCUT2D eigenvalue weighted by Crippen LogP contribution is -2.21. The van der Waals surface area contributed by atoms with Gasteiger partial charge in [-0.1, -0.05) is 82.8 Å². The second kappa shape index (κ2) is 13.8. The van der Waals surface area contributed by atoms with Crippen molar-refractivity contribution in [1.29, 1.82) is 0 Å². The zero-order valence-corrected chi connectivity index (χ0v) is 21.8. The highest BCUT2D eigenvalue weighted by Crippen LogP contribution is 2.40. The standard InChI is InChI=1S/C28H41F5Si/c1-2-3-6-15-34-16-13-21(14-17-34)8-5-4-7-20-9-11-22(12-10-20)23-18-24(29)26(25(30)19-23)27(31)28(32)33/h18-22,34H,2-17H2,1H3. The molecule has 0 nitrogen and oxygen atoms in total. The van der Waals surface area contributed by atoms with Crippen LogP contribution in [0, 0.1) is 23.5 Å². The van der Waals surface area contributed by atoms with Crippen molar-refractivity contribution in [1.82, 2.24) is 0 Å². The Kier molecular flexibility index (Phi) is 11.1. The third-order valence-corrected chi connectivity index (χ3v) is 11.9. The highest BCUT2D eigenvalue weighted by atomic mass is 28.3. The Balaban J connectivity index is 1.34. The molecule has 0 aromatic heterocycles. The van der Waals surface area contributed by atoms with Gasteiger partial charge in [-0.15, -0.1) is 0 Å². The first kappa shape index (κ1) is 27.4. The van der Waals surface area contributed by atoms with Crippen LogP contribution in [0.5, 0.6) is 0 Å². The number of hydrogen-bond acceptors (Lipinski definition) is 0. The maximum atomic E-state index is 14.2. The molecule has 0 atom stereocenters. The monoisotopic (exact) mass is 500 g/mol. The van der Waals surface area contributed by atoms with Crippen molar-refractivity contribution in [2.75, 3.05) is 0 Å². The third kappa shape index (κ3) is 7.92. The first-order chi connectivity index (χ1) is 16.4. The molecule has 1 aromatic carbocycles. The Morgan fingerprint density at radius 2 is 1.35 bits per heavy atom. The zero-order valence-electron chi connectivity index (χ0n) is 20.7. The minimum absolute atomic E-state index is 0.00763. The number of rotatable bonds is 11. The van der Waals surface area contributed by atoms with Crippen molar-refractivity contribution < 1.29 is 22.0 Å². The summed E-state index contributed by atoms with van der Waals surface area (Å²) in [6.07, 6.45) is 13.3. The van der Waals surface area contributed by atoms with Gasteiger partial charge in [-0.25, -0.2) is 13.2 Å². The molecule has 1 aromatic rings. The maximum absolute atomic E-state index is 14.2. The fourth-order valence-corrected chi connectivity index (χ4v) is 9.89. The van der Waals surface area contributed by atoms with E-state index in [1.54, 1.807) is 18.1 Å². The highest BCUT2D eigenvalue weighted by molar-refractivity contribution is 6.58. The normalized spacial score (nSPS) is 25.4. The summed E-state index contributed by atoms with van der Waals surface area (Å²) in [5.41, 5.74) is -0.803. The molecule has 1 aliphatic carbocycles. The smallest absolute Gasteiger partial charge is 0.206 e. The molecule has 192 valence electrons. The van der Waals surface area contributed by atoms with Gasteiger partial charge in [-0.2, -0.15) is 8.78 Å². The summed E-state index contributed by atoms with van der Waals surface area (Å²) in [5.74, 6) is -3.00. The molecule has 1 saturated heterocycles. The quantitative estimate of drug-likeness (QED) is 0.161. The Morgan fingerprint density at radius 1 is 0.794 bits per heavy atom. The molecule has 0 spiro atoms. The van der Waals surface area contributed by atoms with Crippen LogP contribution in [0.25, 0.3) is 5.83 Å². The molecule has 1 aliphatic heterocycles. The van der Waals surface area contributed by atoms with Gasteiger partial charge in [0.2, 0.25) is 5.83 Å². The molecule has 1 saturated carbocycles. The van der Waals surface area contributed by atoms with Gasteiger partial charge in [0, 0.05) is 8.80 Å². The Morgan fingerprint density at radius 3 is 1.88 bits per heavy atom. The summed E-state index contributed by atoms with van der Waals surface area (Å²) in [4.78, 5) is 0. The van der Waals surface area contributed by atoms with Crippen LogP contribution < -0.4 is 0 Å². The number of halogens is 5. The summed E-state index contributed by atoms with van der Waals surface area (Å²) in [6, 6.07) is 6.76. The van der Waals surface area contributed by atoms with E-state index in [-0.39, 0.29) is 5.92 Å². The molecule has 3 rings (SSSR count). The van der Waals surface area contributed by atoms with Gasteiger partial charge in [-0.3, -0.25) is 0 Å². The van der Waals surface area contributed by atoms with E-state index in [2.05, 4.69) is 6.92 Å². The molecule has 6 heteroatoms. The lowest BCUT2D eigenvalue weighted by molar-refractivity contribution is 0.296. The molecular weight excluding hydrogens is 459 g/mol. The van der Waals surface area contributed by atoms with Crippen LogP contribution >= 0.6 is 0 Å². The van der Waals surface area contributed by atoms with Crippen molar-refractivity contribution in [3.05, 3.63) is 41.0 Å². The summed E-state index contributed by atoms with van der Waals surface area (Å²) in [5, 5.41) is 0. The third-order valence-electron chi connectivity index (χ3n) is 8.43. The van der Waals surface area contributed by atoms with Gasteiger partial charge in [0.25, 0.3) is 0 Å². The first-order valence-corrected chi connectivity index (χ1v) is 16.0. The summed E-state index contributed by atoms with van der Waals surface area (Å²) in [7, 11) is -0.413. The van der Waals surface area contributed by atoms with Crippen molar-refractivity contribution in [2.45, 2.75) is 114 Å². The second-order valence-electron chi connectivity index (χ2n) is 10.8. The molecule has 34 heavy (non-hydrogen) atoms. The van der Waals surface area contributed by atoms with E-state index in [0.717, 1.165) is 43.7 Å². The van der Waals surface area contributed by atoms with E-state index in [1.807, 2.05) is 0 Å². The Labute approximate surface area is 204 Å². The fraction of sp³-hybridized carbons (Fsp3) is 0.714. The van der Waals surface area contributed by atoms with Crippen LogP contribution in [0.1, 0.15) is 107 Å². The second-order valence-corrected chi connectivity index (χ2v) is 14.3. The largest absolute Gasteiger partial charge is 0.306 e. The SMILES string of the molecule is CCCCC[SiH]1CCC(CCCCC2CCC(c3cc(F)c(C(F)=C(F)F)c(F)c3)CC2)CC1. The molecule has 0 unspecified atom stereocenters. The van der Waals surface area contributed by atoms with Crippen LogP contribution in [-0.4, -0.2) is 8.80 Å². The lowest BCUT2D eigenvalue weighted by Gasteiger charge is -2.30. The first-order valence-electron chi connectivity index (χ1n) is 13.6. The number of unbranched alkanes of at least 4 members (excludes halogenated alkanes) is 3. The molecular formula is C28H41F5Si. The molecule has 0 N–H and O–H groups in total. The van der Waals surface area contributed by atoms with Gasteiger partial charge >= 0.3 is 6.08 Å². The van der Waals surface area contributed by atoms with Crippen LogP contribution in [0.15, 0.2) is 18.2 Å². The molecule has 0 radical (unpaired) electrons. The van der Waals surface area contributed by atoms with Gasteiger partial charge in [0.05, 0.1) is 5.56 Å². The van der Waals surface area contributed by atoms with Crippen LogP contribution in [0.4, 0.5) is 22.0 Å². The van der Waals surface area contributed by atoms with E-state index in [9.17, 15) is 22.0 Å². The van der Waals surface area contributed by atoms with Crippen molar-refractivity contribution >= 4 is 14.6 Å². The van der Waals surface area contributed by atoms with Gasteiger partial charge < -0.3 is 0 Å². The van der Waals surface area contributed by atoms with Crippen LogP contribution in [-0.2, 0) is 0 Å². The van der Waals surface area contributed by atoms with Crippen molar-refractivity contribution in [3.63, 3.8) is 0 Å². The van der Waals surface area contributed by atoms with Crippen LogP contribution in [0.2, 0.25) is 18.1 Å². The lowest BCUT2D eigenvalue weighted by atomic mass is 9.76. The van der Waals surface area contributed by atoms with Gasteiger partial charge in [0.1, 0.15) is 11.6 Å². The average Bonchev–Trinajstić information content (AvgIpc) is 2.82. The predicted molar refractivity (Wildman–Crippen MR) is 134 cm³/mol. The van der Waals surface area contributed by atoms with E-state index in [0.29, 0.717) is 11.5 Å².